The average molecular weight is 303 g/mol. The molecule has 0 radical (unpaired) electrons. The summed E-state index contributed by atoms with van der Waals surface area (Å²) >= 11 is 9.43. The minimum absolute atomic E-state index is 0.275. The van der Waals surface area contributed by atoms with Crippen molar-refractivity contribution in [2.75, 3.05) is 7.05 Å². The van der Waals surface area contributed by atoms with Crippen molar-refractivity contribution in [2.24, 2.45) is 10.7 Å². The fraction of sp³-hybridized carbons (Fsp3) is 0.200. The van der Waals surface area contributed by atoms with Crippen molar-refractivity contribution in [3.63, 3.8) is 0 Å². The van der Waals surface area contributed by atoms with Crippen LogP contribution in [0.15, 0.2) is 27.7 Å². The fourth-order valence-electron chi connectivity index (χ4n) is 1.65. The van der Waals surface area contributed by atoms with E-state index in [9.17, 15) is 4.79 Å². The molecule has 1 unspecified atom stereocenters. The SMILES string of the molecule is CN1C(=O)N=C(N)C1c1ccc(Br)cc1Cl. The highest BCUT2D eigenvalue weighted by molar-refractivity contribution is 9.10. The number of nitrogens with zero attached hydrogens (tertiary/aromatic N) is 2. The molecule has 0 saturated carbocycles. The molecule has 1 aromatic carbocycles. The van der Waals surface area contributed by atoms with Gasteiger partial charge in [0.05, 0.1) is 0 Å². The van der Waals surface area contributed by atoms with Crippen molar-refractivity contribution < 1.29 is 4.79 Å². The Balaban J connectivity index is 2.45. The van der Waals surface area contributed by atoms with Crippen LogP contribution in [0.25, 0.3) is 0 Å². The van der Waals surface area contributed by atoms with Gasteiger partial charge in [0.25, 0.3) is 0 Å². The lowest BCUT2D eigenvalue weighted by atomic mass is 10.1. The maximum absolute atomic E-state index is 11.4. The van der Waals surface area contributed by atoms with E-state index in [0.717, 1.165) is 10.0 Å². The van der Waals surface area contributed by atoms with Crippen molar-refractivity contribution in [1.29, 1.82) is 0 Å². The largest absolute Gasteiger partial charge is 0.385 e. The van der Waals surface area contributed by atoms with Crippen LogP contribution in [0.4, 0.5) is 4.79 Å². The molecule has 4 nitrogen and oxygen atoms in total. The van der Waals surface area contributed by atoms with E-state index in [1.54, 1.807) is 13.1 Å². The number of rotatable bonds is 1. The third-order valence-corrected chi connectivity index (χ3v) is 3.27. The Kier molecular flexibility index (Phi) is 2.90. The van der Waals surface area contributed by atoms with Crippen LogP contribution < -0.4 is 5.73 Å². The highest BCUT2D eigenvalue weighted by atomic mass is 79.9. The fourth-order valence-corrected chi connectivity index (χ4v) is 2.43. The van der Waals surface area contributed by atoms with Crippen LogP contribution in [0, 0.1) is 0 Å². The Morgan fingerprint density at radius 1 is 1.56 bits per heavy atom. The molecule has 16 heavy (non-hydrogen) atoms. The second-order valence-corrected chi connectivity index (χ2v) is 4.82. The quantitative estimate of drug-likeness (QED) is 0.867. The van der Waals surface area contributed by atoms with Crippen LogP contribution >= 0.6 is 27.5 Å². The minimum atomic E-state index is -0.368. The van der Waals surface area contributed by atoms with Gasteiger partial charge >= 0.3 is 6.03 Å². The van der Waals surface area contributed by atoms with Gasteiger partial charge in [-0.3, -0.25) is 0 Å². The Morgan fingerprint density at radius 3 is 2.75 bits per heavy atom. The molecule has 1 aliphatic heterocycles. The van der Waals surface area contributed by atoms with Gasteiger partial charge in [-0.25, -0.2) is 4.79 Å². The van der Waals surface area contributed by atoms with Gasteiger partial charge in [-0.05, 0) is 12.1 Å². The first-order valence-electron chi connectivity index (χ1n) is 4.56. The van der Waals surface area contributed by atoms with Gasteiger partial charge in [-0.1, -0.05) is 33.6 Å². The molecule has 1 heterocycles. The molecule has 0 spiro atoms. The number of benzene rings is 1. The molecule has 2 rings (SSSR count). The van der Waals surface area contributed by atoms with Gasteiger partial charge in [-0.2, -0.15) is 4.99 Å². The van der Waals surface area contributed by atoms with E-state index in [1.807, 2.05) is 12.1 Å². The second-order valence-electron chi connectivity index (χ2n) is 3.50. The van der Waals surface area contributed by atoms with Gasteiger partial charge in [0.15, 0.2) is 0 Å². The lowest BCUT2D eigenvalue weighted by molar-refractivity contribution is 0.219. The summed E-state index contributed by atoms with van der Waals surface area (Å²) in [7, 11) is 1.65. The predicted octanol–water partition coefficient (Wildman–Crippen LogP) is 2.57. The maximum Gasteiger partial charge on any atom is 0.345 e. The number of amides is 2. The first kappa shape index (κ1) is 11.4. The first-order valence-corrected chi connectivity index (χ1v) is 5.73. The van der Waals surface area contributed by atoms with E-state index in [1.165, 1.54) is 4.90 Å². The summed E-state index contributed by atoms with van der Waals surface area (Å²) < 4.78 is 0.878. The molecular formula is C10H9BrClN3O. The molecule has 0 bridgehead atoms. The number of carbonyl (C=O) groups excluding carboxylic acids is 1. The zero-order valence-corrected chi connectivity index (χ0v) is 10.8. The Morgan fingerprint density at radius 2 is 2.25 bits per heavy atom. The number of carbonyl (C=O) groups is 1. The van der Waals surface area contributed by atoms with Gasteiger partial charge in [-0.15, -0.1) is 0 Å². The third kappa shape index (κ3) is 1.81. The summed E-state index contributed by atoms with van der Waals surface area (Å²) in [4.78, 5) is 16.5. The van der Waals surface area contributed by atoms with E-state index >= 15 is 0 Å². The van der Waals surface area contributed by atoms with Crippen LogP contribution in [-0.2, 0) is 0 Å². The van der Waals surface area contributed by atoms with Crippen LogP contribution in [-0.4, -0.2) is 23.8 Å². The van der Waals surface area contributed by atoms with Crippen molar-refractivity contribution in [1.82, 2.24) is 4.90 Å². The summed E-state index contributed by atoms with van der Waals surface area (Å²) in [6, 6.07) is 4.73. The van der Waals surface area contributed by atoms with Crippen molar-refractivity contribution in [3.05, 3.63) is 33.3 Å². The molecule has 6 heteroatoms. The summed E-state index contributed by atoms with van der Waals surface area (Å²) in [5.74, 6) is 0.275. The zero-order chi connectivity index (χ0) is 11.9. The average Bonchev–Trinajstić information content (AvgIpc) is 2.43. The Bertz CT molecular complexity index is 489. The van der Waals surface area contributed by atoms with Gasteiger partial charge in [0.1, 0.15) is 11.9 Å². The monoisotopic (exact) mass is 301 g/mol. The Hall–Kier alpha value is -1.07. The van der Waals surface area contributed by atoms with Gasteiger partial charge in [0.2, 0.25) is 0 Å². The summed E-state index contributed by atoms with van der Waals surface area (Å²) in [5.41, 5.74) is 6.49. The number of hydrogen-bond donors (Lipinski definition) is 1. The minimum Gasteiger partial charge on any atom is -0.385 e. The van der Waals surface area contributed by atoms with E-state index in [0.29, 0.717) is 5.02 Å². The lowest BCUT2D eigenvalue weighted by Gasteiger charge is -2.20. The molecule has 0 saturated heterocycles. The van der Waals surface area contributed by atoms with Crippen LogP contribution in [0.2, 0.25) is 5.02 Å². The first-order chi connectivity index (χ1) is 7.50. The van der Waals surface area contributed by atoms with E-state index < -0.39 is 0 Å². The highest BCUT2D eigenvalue weighted by Gasteiger charge is 2.32. The lowest BCUT2D eigenvalue weighted by Crippen LogP contribution is -2.30. The number of likely N-dealkylation sites (N-methyl/N-ethyl adjacent to an activating group) is 1. The van der Waals surface area contributed by atoms with Gasteiger partial charge < -0.3 is 10.6 Å². The number of halogens is 2. The molecule has 84 valence electrons. The summed E-state index contributed by atoms with van der Waals surface area (Å²) in [6.45, 7) is 0. The summed E-state index contributed by atoms with van der Waals surface area (Å²) in [6.07, 6.45) is 0. The van der Waals surface area contributed by atoms with E-state index in [4.69, 9.17) is 17.3 Å². The normalized spacial score (nSPS) is 20.2. The number of aliphatic imine (C=N–C) groups is 1. The molecule has 2 N–H and O–H groups in total. The van der Waals surface area contributed by atoms with Crippen LogP contribution in [0.1, 0.15) is 11.6 Å². The zero-order valence-electron chi connectivity index (χ0n) is 8.45. The smallest absolute Gasteiger partial charge is 0.345 e. The number of urea groups is 1. The topological polar surface area (TPSA) is 58.7 Å². The summed E-state index contributed by atoms with van der Waals surface area (Å²) in [5, 5.41) is 0.555. The van der Waals surface area contributed by atoms with Gasteiger partial charge in [0, 0.05) is 22.1 Å². The molecule has 1 atom stereocenters. The van der Waals surface area contributed by atoms with Crippen LogP contribution in [0.3, 0.4) is 0 Å². The third-order valence-electron chi connectivity index (χ3n) is 2.45. The molecule has 0 fully saturated rings. The molecule has 0 aliphatic carbocycles. The number of hydrogen-bond acceptors (Lipinski definition) is 2. The molecule has 1 aromatic rings. The molecular weight excluding hydrogens is 293 g/mol. The van der Waals surface area contributed by atoms with E-state index in [2.05, 4.69) is 20.9 Å². The standard InChI is InChI=1S/C10H9BrClN3O/c1-15-8(9(13)14-10(15)16)6-3-2-5(11)4-7(6)12/h2-4,8H,1H3,(H2,13,14,16). The Labute approximate surface area is 106 Å². The second kappa shape index (κ2) is 4.07. The molecule has 1 aliphatic rings. The van der Waals surface area contributed by atoms with Crippen molar-refractivity contribution in [2.45, 2.75) is 6.04 Å². The van der Waals surface area contributed by atoms with Crippen molar-refractivity contribution in [3.8, 4) is 0 Å². The van der Waals surface area contributed by atoms with E-state index in [-0.39, 0.29) is 17.9 Å². The predicted molar refractivity (Wildman–Crippen MR) is 66.7 cm³/mol. The molecule has 2 amide bonds. The highest BCUT2D eigenvalue weighted by Crippen LogP contribution is 2.32. The molecule has 0 aromatic heterocycles. The maximum atomic E-state index is 11.4. The van der Waals surface area contributed by atoms with Crippen molar-refractivity contribution >= 4 is 39.4 Å². The number of nitrogens with two attached hydrogens (primary N) is 1. The van der Waals surface area contributed by atoms with Crippen LogP contribution in [0.5, 0.6) is 0 Å². The number of amidine groups is 1.